The summed E-state index contributed by atoms with van der Waals surface area (Å²) in [6.45, 7) is 5.70. The third kappa shape index (κ3) is 2.89. The Kier molecular flexibility index (Phi) is 3.55. The van der Waals surface area contributed by atoms with Crippen molar-refractivity contribution < 1.29 is 8.42 Å². The second-order valence-corrected chi connectivity index (χ2v) is 9.91. The fourth-order valence-corrected chi connectivity index (χ4v) is 5.74. The van der Waals surface area contributed by atoms with Gasteiger partial charge in [0.1, 0.15) is 5.69 Å². The van der Waals surface area contributed by atoms with Crippen LogP contribution >= 0.6 is 11.8 Å². The van der Waals surface area contributed by atoms with Crippen LogP contribution in [0.3, 0.4) is 0 Å². The molecular formula is C12H17N5O3S2. The second-order valence-electron chi connectivity index (χ2n) is 6.41. The standard InChI is InChI=1S/C12H17N5O3S2/c1-12(2,3)8-9(18)13-10-14-15-11(17(10)16-8)21-7-4-5-22(19,20)6-7/h7H,4-6H2,1-3H3,(H,13,14,18). The number of hydrogen-bond acceptors (Lipinski definition) is 7. The number of aromatic nitrogens is 5. The lowest BCUT2D eigenvalue weighted by Crippen LogP contribution is -2.28. The Balaban J connectivity index is 1.99. The van der Waals surface area contributed by atoms with E-state index in [-0.39, 0.29) is 28.1 Å². The van der Waals surface area contributed by atoms with Crippen LogP contribution in [0.15, 0.2) is 9.95 Å². The molecule has 120 valence electrons. The van der Waals surface area contributed by atoms with Crippen molar-refractivity contribution in [2.45, 2.75) is 43.0 Å². The lowest BCUT2D eigenvalue weighted by Gasteiger charge is -2.16. The number of aromatic amines is 1. The van der Waals surface area contributed by atoms with Gasteiger partial charge in [0.2, 0.25) is 5.16 Å². The summed E-state index contributed by atoms with van der Waals surface area (Å²) >= 11 is 1.34. The normalized spacial score (nSPS) is 21.5. The molecule has 3 rings (SSSR count). The molecule has 0 amide bonds. The average molecular weight is 343 g/mol. The largest absolute Gasteiger partial charge is 0.288 e. The molecule has 1 saturated heterocycles. The number of fused-ring (bicyclic) bond motifs is 1. The number of thioether (sulfide) groups is 1. The molecule has 1 unspecified atom stereocenters. The Morgan fingerprint density at radius 1 is 1.32 bits per heavy atom. The number of H-pyrrole nitrogens is 1. The summed E-state index contributed by atoms with van der Waals surface area (Å²) in [5.41, 5.74) is -0.307. The number of hydrogen-bond donors (Lipinski definition) is 1. The zero-order valence-electron chi connectivity index (χ0n) is 12.5. The quantitative estimate of drug-likeness (QED) is 0.839. The molecule has 1 fully saturated rings. The molecule has 0 aromatic carbocycles. The van der Waals surface area contributed by atoms with Gasteiger partial charge in [-0.3, -0.25) is 9.78 Å². The van der Waals surface area contributed by atoms with E-state index in [9.17, 15) is 13.2 Å². The van der Waals surface area contributed by atoms with Crippen molar-refractivity contribution in [3.8, 4) is 0 Å². The molecule has 3 heterocycles. The van der Waals surface area contributed by atoms with Crippen LogP contribution in [0.1, 0.15) is 32.9 Å². The number of sulfone groups is 1. The Morgan fingerprint density at radius 2 is 2.05 bits per heavy atom. The molecule has 10 heteroatoms. The summed E-state index contributed by atoms with van der Waals surface area (Å²) in [5.74, 6) is 0.613. The van der Waals surface area contributed by atoms with Gasteiger partial charge in [-0.25, -0.2) is 8.42 Å². The van der Waals surface area contributed by atoms with Crippen molar-refractivity contribution in [2.24, 2.45) is 0 Å². The van der Waals surface area contributed by atoms with Crippen LogP contribution < -0.4 is 5.56 Å². The van der Waals surface area contributed by atoms with E-state index in [1.165, 1.54) is 16.3 Å². The van der Waals surface area contributed by atoms with E-state index in [2.05, 4.69) is 20.3 Å². The molecule has 0 radical (unpaired) electrons. The van der Waals surface area contributed by atoms with E-state index in [0.717, 1.165) is 0 Å². The van der Waals surface area contributed by atoms with Crippen molar-refractivity contribution >= 4 is 27.4 Å². The number of nitrogens with one attached hydrogen (secondary N) is 1. The molecular weight excluding hydrogens is 326 g/mol. The third-order valence-corrected chi connectivity index (χ3v) is 6.61. The molecule has 0 saturated carbocycles. The van der Waals surface area contributed by atoms with Crippen LogP contribution in [0.2, 0.25) is 0 Å². The summed E-state index contributed by atoms with van der Waals surface area (Å²) in [6.07, 6.45) is 0.595. The smallest absolute Gasteiger partial charge is 0.274 e. The van der Waals surface area contributed by atoms with Gasteiger partial charge in [0.25, 0.3) is 11.3 Å². The summed E-state index contributed by atoms with van der Waals surface area (Å²) in [4.78, 5) is 14.7. The zero-order valence-corrected chi connectivity index (χ0v) is 14.2. The van der Waals surface area contributed by atoms with Crippen LogP contribution in [-0.4, -0.2) is 50.0 Å². The van der Waals surface area contributed by atoms with Gasteiger partial charge < -0.3 is 0 Å². The summed E-state index contributed by atoms with van der Waals surface area (Å²) in [5, 5.41) is 12.7. The topological polar surface area (TPSA) is 110 Å². The van der Waals surface area contributed by atoms with Gasteiger partial charge in [0, 0.05) is 10.7 Å². The minimum absolute atomic E-state index is 0.0517. The minimum Gasteiger partial charge on any atom is -0.288 e. The monoisotopic (exact) mass is 343 g/mol. The highest BCUT2D eigenvalue weighted by atomic mass is 32.2. The van der Waals surface area contributed by atoms with Crippen LogP contribution in [0.5, 0.6) is 0 Å². The van der Waals surface area contributed by atoms with E-state index in [4.69, 9.17) is 0 Å². The fraction of sp³-hybridized carbons (Fsp3) is 0.667. The van der Waals surface area contributed by atoms with Gasteiger partial charge in [-0.15, -0.1) is 10.2 Å². The van der Waals surface area contributed by atoms with Crippen molar-refractivity contribution in [2.75, 3.05) is 11.5 Å². The maximum absolute atomic E-state index is 12.0. The van der Waals surface area contributed by atoms with Gasteiger partial charge >= 0.3 is 0 Å². The first kappa shape index (κ1) is 15.5. The van der Waals surface area contributed by atoms with Crippen molar-refractivity contribution in [3.05, 3.63) is 16.0 Å². The predicted molar refractivity (Wildman–Crippen MR) is 83.0 cm³/mol. The van der Waals surface area contributed by atoms with Crippen molar-refractivity contribution in [3.63, 3.8) is 0 Å². The van der Waals surface area contributed by atoms with E-state index in [1.807, 2.05) is 20.8 Å². The van der Waals surface area contributed by atoms with E-state index in [1.54, 1.807) is 0 Å². The first-order valence-electron chi connectivity index (χ1n) is 6.89. The van der Waals surface area contributed by atoms with Crippen LogP contribution in [0.25, 0.3) is 5.78 Å². The Bertz CT molecular complexity index is 878. The Hall–Kier alpha value is -1.42. The third-order valence-electron chi connectivity index (χ3n) is 3.43. The van der Waals surface area contributed by atoms with E-state index < -0.39 is 15.3 Å². The van der Waals surface area contributed by atoms with E-state index >= 15 is 0 Å². The number of rotatable bonds is 2. The molecule has 8 nitrogen and oxygen atoms in total. The molecule has 22 heavy (non-hydrogen) atoms. The zero-order chi connectivity index (χ0) is 16.1. The fourth-order valence-electron chi connectivity index (χ4n) is 2.31. The Morgan fingerprint density at radius 3 is 2.64 bits per heavy atom. The number of nitrogens with zero attached hydrogens (tertiary/aromatic N) is 4. The van der Waals surface area contributed by atoms with Gasteiger partial charge in [0.05, 0.1) is 11.5 Å². The lowest BCUT2D eigenvalue weighted by molar-refractivity contribution is 0.536. The van der Waals surface area contributed by atoms with E-state index in [0.29, 0.717) is 17.3 Å². The van der Waals surface area contributed by atoms with Crippen molar-refractivity contribution in [1.82, 2.24) is 24.8 Å². The molecule has 1 aliphatic heterocycles. The van der Waals surface area contributed by atoms with Gasteiger partial charge in [0.15, 0.2) is 9.84 Å². The molecule has 2 aromatic heterocycles. The average Bonchev–Trinajstić information content (AvgIpc) is 2.91. The molecule has 1 aliphatic rings. The SMILES string of the molecule is CC(C)(C)c1nn2c(SC3CCS(=O)(=O)C3)nnc2[nH]c1=O. The lowest BCUT2D eigenvalue weighted by atomic mass is 9.93. The van der Waals surface area contributed by atoms with Gasteiger partial charge in [-0.1, -0.05) is 32.5 Å². The summed E-state index contributed by atoms with van der Waals surface area (Å²) in [6, 6.07) is 0. The minimum atomic E-state index is -2.95. The predicted octanol–water partition coefficient (Wildman–Crippen LogP) is 0.389. The first-order chi connectivity index (χ1) is 10.2. The highest BCUT2D eigenvalue weighted by molar-refractivity contribution is 8.01. The summed E-state index contributed by atoms with van der Waals surface area (Å²) < 4.78 is 24.6. The Labute approximate surface area is 131 Å². The second kappa shape index (κ2) is 5.05. The summed E-state index contributed by atoms with van der Waals surface area (Å²) in [7, 11) is -2.95. The highest BCUT2D eigenvalue weighted by Gasteiger charge is 2.30. The van der Waals surface area contributed by atoms with Crippen LogP contribution in [-0.2, 0) is 15.3 Å². The molecule has 1 atom stereocenters. The molecule has 2 aromatic rings. The molecule has 0 spiro atoms. The highest BCUT2D eigenvalue weighted by Crippen LogP contribution is 2.29. The van der Waals surface area contributed by atoms with Crippen LogP contribution in [0.4, 0.5) is 0 Å². The van der Waals surface area contributed by atoms with Gasteiger partial charge in [-0.05, 0) is 6.42 Å². The van der Waals surface area contributed by atoms with Crippen LogP contribution in [0, 0.1) is 0 Å². The maximum atomic E-state index is 12.0. The molecule has 1 N–H and O–H groups in total. The van der Waals surface area contributed by atoms with Crippen molar-refractivity contribution in [1.29, 1.82) is 0 Å². The van der Waals surface area contributed by atoms with Gasteiger partial charge in [-0.2, -0.15) is 9.61 Å². The maximum Gasteiger partial charge on any atom is 0.274 e. The molecule has 0 bridgehead atoms. The first-order valence-corrected chi connectivity index (χ1v) is 9.59. The molecule has 0 aliphatic carbocycles.